The summed E-state index contributed by atoms with van der Waals surface area (Å²) in [6.07, 6.45) is 18.7. The van der Waals surface area contributed by atoms with Crippen LogP contribution in [0.5, 0.6) is 0 Å². The molecule has 1 atom stereocenters. The average molecular weight is 1430 g/mol. The molecule has 1 aromatic carbocycles. The number of carbonyl (C=O) groups excluding carboxylic acids is 2. The van der Waals surface area contributed by atoms with Crippen molar-refractivity contribution in [3.05, 3.63) is 129 Å². The lowest BCUT2D eigenvalue weighted by atomic mass is 9.92. The minimum atomic E-state index is -0.142. The highest BCUT2D eigenvalue weighted by Gasteiger charge is 2.34. The monoisotopic (exact) mass is 1430 g/mol. The first kappa shape index (κ1) is 74.5. The number of carbonyl (C=O) groups is 2. The largest absolute Gasteiger partial charge is 0.375 e. The Morgan fingerprint density at radius 3 is 1.52 bits per heavy atom. The summed E-state index contributed by atoms with van der Waals surface area (Å²) in [7, 11) is 0. The van der Waals surface area contributed by atoms with Gasteiger partial charge in [-0.3, -0.25) is 38.5 Å². The summed E-state index contributed by atoms with van der Waals surface area (Å²) in [5.41, 5.74) is 13.6. The molecule has 1 saturated heterocycles. The highest BCUT2D eigenvalue weighted by molar-refractivity contribution is 6.30. The van der Waals surface area contributed by atoms with Crippen molar-refractivity contribution >= 4 is 127 Å². The molecule has 0 radical (unpaired) electrons. The number of pyridine rings is 4. The van der Waals surface area contributed by atoms with Crippen LogP contribution in [-0.2, 0) is 25.5 Å². The lowest BCUT2D eigenvalue weighted by Gasteiger charge is -2.29. The van der Waals surface area contributed by atoms with Crippen molar-refractivity contribution in [1.29, 1.82) is 0 Å². The van der Waals surface area contributed by atoms with Crippen LogP contribution in [0.1, 0.15) is 217 Å². The second-order valence-corrected chi connectivity index (χ2v) is 31.3. The Morgan fingerprint density at radius 1 is 0.566 bits per heavy atom. The van der Waals surface area contributed by atoms with Gasteiger partial charge in [0.05, 0.1) is 30.3 Å². The third-order valence-corrected chi connectivity index (χ3v) is 19.3. The average Bonchev–Trinajstić information content (AvgIpc) is 1.65. The van der Waals surface area contributed by atoms with E-state index in [0.717, 1.165) is 160 Å². The zero-order chi connectivity index (χ0) is 70.0. The lowest BCUT2D eigenvalue weighted by Crippen LogP contribution is -2.24. The van der Waals surface area contributed by atoms with Crippen molar-refractivity contribution in [2.75, 3.05) is 27.9 Å². The Balaban J connectivity index is 0.000000142. The molecule has 8 aromatic heterocycles. The molecule has 0 bridgehead atoms. The molecule has 4 N–H and O–H groups in total. The number of aryl methyl sites for hydroxylation is 4. The van der Waals surface area contributed by atoms with Crippen molar-refractivity contribution in [1.82, 2.24) is 58.1 Å². The zero-order valence-corrected chi connectivity index (χ0v) is 62.6. The molecule has 99 heavy (non-hydrogen) atoms. The number of hydrogen-bond donors (Lipinski definition) is 4. The van der Waals surface area contributed by atoms with Gasteiger partial charge in [-0.2, -0.15) is 0 Å². The second kappa shape index (κ2) is 31.4. The van der Waals surface area contributed by atoms with E-state index >= 15 is 0 Å². The van der Waals surface area contributed by atoms with Gasteiger partial charge in [0.1, 0.15) is 37.5 Å². The summed E-state index contributed by atoms with van der Waals surface area (Å²) >= 11 is 18.4. The summed E-state index contributed by atoms with van der Waals surface area (Å²) in [5, 5.41) is 14.2. The van der Waals surface area contributed by atoms with Crippen LogP contribution in [0.2, 0.25) is 15.5 Å². The van der Waals surface area contributed by atoms with Gasteiger partial charge in [0.15, 0.2) is 22.6 Å². The van der Waals surface area contributed by atoms with Gasteiger partial charge in [-0.05, 0) is 211 Å². The van der Waals surface area contributed by atoms with Crippen LogP contribution in [0.15, 0.2) is 85.2 Å². The number of hydrogen-bond acceptors (Lipinski definition) is 14. The maximum absolute atomic E-state index is 12.5. The molecular weight excluding hydrogens is 1330 g/mol. The SMILES string of the molecule is C=C(CCOC(C)(C)C)Nc1nc2c(C)cc(Cl)nc2n1C1CCC1.C=C(C[C@@H]1CCC(C)(C)O1)Nc1nc2ccc(C)nc2n1C1CCC1.Cc1cc(Cl)nc2c1nc(NC(=O)CC(C)(C)C)n2C1CCC1.Cc1cccc(CC(=O)Nc2nc3ccc(Cl)nc3n2C2CCC2)c1.Cl. The number of nitrogens with zero attached hydrogens (tertiary/aromatic N) is 12. The molecule has 0 unspecified atom stereocenters. The number of ether oxygens (including phenoxy) is 2. The van der Waals surface area contributed by atoms with E-state index in [1.807, 2.05) is 102 Å². The van der Waals surface area contributed by atoms with Gasteiger partial charge >= 0.3 is 0 Å². The Kier molecular flexibility index (Phi) is 23.6. The van der Waals surface area contributed by atoms with Crippen molar-refractivity contribution < 1.29 is 19.1 Å². The number of rotatable bonds is 18. The molecule has 5 fully saturated rings. The van der Waals surface area contributed by atoms with Crippen LogP contribution in [0, 0.1) is 33.1 Å². The fourth-order valence-corrected chi connectivity index (χ4v) is 13.6. The summed E-state index contributed by atoms with van der Waals surface area (Å²) in [6.45, 7) is 33.6. The Hall–Kier alpha value is -7.20. The molecule has 2 amide bonds. The zero-order valence-electron chi connectivity index (χ0n) is 59.6. The first-order valence-corrected chi connectivity index (χ1v) is 36.0. The van der Waals surface area contributed by atoms with E-state index in [1.165, 1.54) is 38.5 Å². The maximum atomic E-state index is 12.5. The van der Waals surface area contributed by atoms with E-state index in [9.17, 15) is 9.59 Å². The molecule has 5 aliphatic rings. The molecule has 14 rings (SSSR count). The predicted octanol–water partition coefficient (Wildman–Crippen LogP) is 19.2. The number of fused-ring (bicyclic) bond motifs is 4. The van der Waals surface area contributed by atoms with E-state index < -0.39 is 0 Å². The predicted molar refractivity (Wildman–Crippen MR) is 403 cm³/mol. The lowest BCUT2D eigenvalue weighted by molar-refractivity contribution is -0.118. The van der Waals surface area contributed by atoms with Gasteiger partial charge in [0, 0.05) is 60.5 Å². The highest BCUT2D eigenvalue weighted by Crippen LogP contribution is 2.42. The molecule has 24 heteroatoms. The van der Waals surface area contributed by atoms with Gasteiger partial charge < -0.3 is 20.1 Å². The van der Waals surface area contributed by atoms with Crippen molar-refractivity contribution in [3.8, 4) is 0 Å². The molecule has 530 valence electrons. The summed E-state index contributed by atoms with van der Waals surface area (Å²) < 4.78 is 20.4. The Bertz CT molecular complexity index is 4410. The number of anilines is 4. The maximum Gasteiger partial charge on any atom is 0.231 e. The van der Waals surface area contributed by atoms with Crippen LogP contribution in [0.3, 0.4) is 0 Å². The topological polar surface area (TPSA) is 224 Å². The minimum Gasteiger partial charge on any atom is -0.375 e. The van der Waals surface area contributed by atoms with Gasteiger partial charge in [-0.25, -0.2) is 39.9 Å². The van der Waals surface area contributed by atoms with E-state index in [4.69, 9.17) is 59.2 Å². The first-order chi connectivity index (χ1) is 46.5. The van der Waals surface area contributed by atoms with E-state index in [1.54, 1.807) is 6.07 Å². The summed E-state index contributed by atoms with van der Waals surface area (Å²) in [5.74, 6) is 2.74. The van der Waals surface area contributed by atoms with Gasteiger partial charge in [-0.1, -0.05) is 98.6 Å². The van der Waals surface area contributed by atoms with E-state index in [0.29, 0.717) is 71.0 Å². The third-order valence-electron chi connectivity index (χ3n) is 18.7. The van der Waals surface area contributed by atoms with Gasteiger partial charge in [0.2, 0.25) is 35.6 Å². The second-order valence-electron chi connectivity index (χ2n) is 30.1. The van der Waals surface area contributed by atoms with Crippen LogP contribution < -0.4 is 21.3 Å². The minimum absolute atomic E-state index is 0. The van der Waals surface area contributed by atoms with Gasteiger partial charge in [0.25, 0.3) is 0 Å². The smallest absolute Gasteiger partial charge is 0.231 e. The molecule has 9 heterocycles. The molecule has 4 aliphatic carbocycles. The molecule has 9 aromatic rings. The van der Waals surface area contributed by atoms with Crippen LogP contribution in [0.4, 0.5) is 23.8 Å². The fraction of sp³-hybridized carbons (Fsp3) is 0.520. The van der Waals surface area contributed by atoms with Crippen LogP contribution in [0.25, 0.3) is 44.7 Å². The molecule has 0 spiro atoms. The van der Waals surface area contributed by atoms with E-state index in [-0.39, 0.29) is 46.9 Å². The van der Waals surface area contributed by atoms with E-state index in [2.05, 4.69) is 114 Å². The number of halogens is 4. The molecule has 4 saturated carbocycles. The van der Waals surface area contributed by atoms with Crippen molar-refractivity contribution in [3.63, 3.8) is 0 Å². The fourth-order valence-electron chi connectivity index (χ4n) is 12.9. The number of benzene rings is 1. The quantitative estimate of drug-likeness (QED) is 0.0587. The standard InChI is InChI=1S/C20H28N4O.C19H19ClN4O.C19H27ClN4O.C17H23ClN4O.ClH/c1-13-8-9-17-18(21-13)24(15-6-5-7-15)19(23-17)22-14(2)12-16-10-11-20(3,4)25-16;1-12-4-2-5-13(10-12)11-17(25)23-19-21-15-8-9-16(20)22-18(15)24(19)14-6-3-7-14;1-12-11-15(20)22-17-16(12)23-18(24(17)14-7-6-8-14)21-13(2)9-10-25-19(3,4)5;1-10-8-12(18)19-15-14(10)21-16(22(15)11-6-5-7-11)20-13(23)9-17(2,3)4;/h8-9,15-16H,2,5-7,10-12H2,1,3-4H3,(H,22,23);2,4-5,8-10,14H,3,6-7,11H2,1H3,(H,21,23,25);11,14H,2,6-10H2,1,3-5H3,(H,21,23);8,11H,5-7,9H2,1-4H3,(H,20,21,23);1H/t16-;;;;/m0..../s1. The van der Waals surface area contributed by atoms with Crippen molar-refractivity contribution in [2.24, 2.45) is 5.41 Å². The Labute approximate surface area is 603 Å². The normalized spacial score (nSPS) is 17.0. The van der Waals surface area contributed by atoms with Gasteiger partial charge in [-0.15, -0.1) is 12.4 Å². The third kappa shape index (κ3) is 18.7. The molecule has 1 aliphatic heterocycles. The number of amides is 2. The summed E-state index contributed by atoms with van der Waals surface area (Å²) in [6, 6.07) is 20.9. The number of aromatic nitrogens is 12. The number of imidazole rings is 4. The molecular formula is C75H98Cl4N16O4. The van der Waals surface area contributed by atoms with Crippen LogP contribution in [-0.4, -0.2) is 93.9 Å². The number of nitrogens with one attached hydrogen (secondary N) is 4. The first-order valence-electron chi connectivity index (χ1n) is 34.9. The molecule has 20 nitrogen and oxygen atoms in total. The highest BCUT2D eigenvalue weighted by atomic mass is 35.5. The Morgan fingerprint density at radius 2 is 1.03 bits per heavy atom. The van der Waals surface area contributed by atoms with Crippen molar-refractivity contribution in [2.45, 2.75) is 240 Å². The van der Waals surface area contributed by atoms with Crippen LogP contribution >= 0.6 is 47.2 Å². The summed E-state index contributed by atoms with van der Waals surface area (Å²) in [4.78, 5) is 61.7.